The van der Waals surface area contributed by atoms with Gasteiger partial charge in [0.05, 0.1) is 4.90 Å². The van der Waals surface area contributed by atoms with E-state index in [0.29, 0.717) is 10.2 Å². The summed E-state index contributed by atoms with van der Waals surface area (Å²) in [6.45, 7) is 0. The zero-order valence-corrected chi connectivity index (χ0v) is 11.4. The molecule has 0 saturated heterocycles. The normalized spacial score (nSPS) is 11.2. The number of hydrogen-bond donors (Lipinski definition) is 2. The molecule has 2 rings (SSSR count). The second-order valence-corrected chi connectivity index (χ2v) is 5.90. The van der Waals surface area contributed by atoms with Gasteiger partial charge in [-0.1, -0.05) is 0 Å². The standard InChI is InChI=1S/C10H9BrN4O2S/c11-8-6-7(2-3-9(8)12)18(16,17)15-10-13-4-1-5-14-10/h1-6H,12H2,(H,13,14,15). The molecule has 0 bridgehead atoms. The lowest BCUT2D eigenvalue weighted by Gasteiger charge is -2.07. The van der Waals surface area contributed by atoms with Gasteiger partial charge in [-0.2, -0.15) is 0 Å². The van der Waals surface area contributed by atoms with Crippen molar-refractivity contribution < 1.29 is 8.42 Å². The third kappa shape index (κ3) is 2.77. The van der Waals surface area contributed by atoms with Crippen LogP contribution >= 0.6 is 15.9 Å². The third-order valence-corrected chi connectivity index (χ3v) is 4.09. The van der Waals surface area contributed by atoms with Crippen LogP contribution < -0.4 is 10.5 Å². The third-order valence-electron chi connectivity index (χ3n) is 2.07. The molecule has 0 amide bonds. The number of nitrogens with two attached hydrogens (primary N) is 1. The van der Waals surface area contributed by atoms with E-state index in [-0.39, 0.29) is 10.8 Å². The summed E-state index contributed by atoms with van der Waals surface area (Å²) in [5, 5.41) is 0. The molecule has 8 heteroatoms. The molecule has 0 aliphatic heterocycles. The number of rotatable bonds is 3. The van der Waals surface area contributed by atoms with Crippen molar-refractivity contribution >= 4 is 37.6 Å². The number of hydrogen-bond acceptors (Lipinski definition) is 5. The minimum atomic E-state index is -3.71. The van der Waals surface area contributed by atoms with Crippen LogP contribution in [0.15, 0.2) is 46.0 Å². The van der Waals surface area contributed by atoms with Gasteiger partial charge in [0.2, 0.25) is 5.95 Å². The van der Waals surface area contributed by atoms with E-state index in [0.717, 1.165) is 0 Å². The first kappa shape index (κ1) is 12.8. The van der Waals surface area contributed by atoms with Crippen molar-refractivity contribution in [3.8, 4) is 0 Å². The quantitative estimate of drug-likeness (QED) is 0.834. The van der Waals surface area contributed by atoms with E-state index in [9.17, 15) is 8.42 Å². The van der Waals surface area contributed by atoms with Gasteiger partial charge >= 0.3 is 0 Å². The lowest BCUT2D eigenvalue weighted by atomic mass is 10.3. The summed E-state index contributed by atoms with van der Waals surface area (Å²) in [4.78, 5) is 7.66. The minimum Gasteiger partial charge on any atom is -0.398 e. The second kappa shape index (κ2) is 4.91. The van der Waals surface area contributed by atoms with Gasteiger partial charge in [-0.05, 0) is 40.2 Å². The fraction of sp³-hybridized carbons (Fsp3) is 0. The Morgan fingerprint density at radius 2 is 1.89 bits per heavy atom. The van der Waals surface area contributed by atoms with Crippen LogP contribution in [-0.4, -0.2) is 18.4 Å². The number of halogens is 1. The summed E-state index contributed by atoms with van der Waals surface area (Å²) in [7, 11) is -3.71. The van der Waals surface area contributed by atoms with E-state index in [1.54, 1.807) is 6.07 Å². The number of benzene rings is 1. The highest BCUT2D eigenvalue weighted by molar-refractivity contribution is 9.10. The molecule has 0 saturated carbocycles. The van der Waals surface area contributed by atoms with Crippen LogP contribution in [0.5, 0.6) is 0 Å². The average molecular weight is 329 g/mol. The van der Waals surface area contributed by atoms with E-state index < -0.39 is 10.0 Å². The Labute approximate surface area is 112 Å². The molecular formula is C10H9BrN4O2S. The predicted molar refractivity (Wildman–Crippen MR) is 71.4 cm³/mol. The Bertz CT molecular complexity index is 661. The lowest BCUT2D eigenvalue weighted by Crippen LogP contribution is -2.15. The highest BCUT2D eigenvalue weighted by Crippen LogP contribution is 2.23. The highest BCUT2D eigenvalue weighted by Gasteiger charge is 2.16. The van der Waals surface area contributed by atoms with E-state index in [1.165, 1.54) is 30.6 Å². The number of nitrogens with zero attached hydrogens (tertiary/aromatic N) is 2. The van der Waals surface area contributed by atoms with Gasteiger partial charge in [0.25, 0.3) is 10.0 Å². The van der Waals surface area contributed by atoms with Crippen LogP contribution in [0.3, 0.4) is 0 Å². The summed E-state index contributed by atoms with van der Waals surface area (Å²) in [5.41, 5.74) is 6.06. The zero-order valence-electron chi connectivity index (χ0n) is 9.04. The van der Waals surface area contributed by atoms with Crippen molar-refractivity contribution in [2.24, 2.45) is 0 Å². The van der Waals surface area contributed by atoms with Gasteiger partial charge in [0, 0.05) is 22.6 Å². The summed E-state index contributed by atoms with van der Waals surface area (Å²) < 4.78 is 26.8. The number of nitrogens with one attached hydrogen (secondary N) is 1. The number of sulfonamides is 1. The van der Waals surface area contributed by atoms with Crippen molar-refractivity contribution in [2.45, 2.75) is 4.90 Å². The average Bonchev–Trinajstić information content (AvgIpc) is 2.33. The first-order chi connectivity index (χ1) is 8.49. The van der Waals surface area contributed by atoms with Crippen LogP contribution in [-0.2, 0) is 10.0 Å². The molecule has 1 aromatic carbocycles. The van der Waals surface area contributed by atoms with Crippen molar-refractivity contribution in [3.05, 3.63) is 41.1 Å². The molecule has 3 N–H and O–H groups in total. The zero-order chi connectivity index (χ0) is 13.2. The predicted octanol–water partition coefficient (Wildman–Crippen LogP) is 1.62. The maximum absolute atomic E-state index is 12.0. The van der Waals surface area contributed by atoms with Crippen molar-refractivity contribution in [3.63, 3.8) is 0 Å². The van der Waals surface area contributed by atoms with Crippen LogP contribution in [0.25, 0.3) is 0 Å². The van der Waals surface area contributed by atoms with Crippen LogP contribution in [0.2, 0.25) is 0 Å². The van der Waals surface area contributed by atoms with E-state index in [2.05, 4.69) is 30.6 Å². The molecule has 94 valence electrons. The summed E-state index contributed by atoms with van der Waals surface area (Å²) in [6.07, 6.45) is 2.90. The van der Waals surface area contributed by atoms with Gasteiger partial charge < -0.3 is 5.73 Å². The Kier molecular flexibility index (Phi) is 3.48. The smallest absolute Gasteiger partial charge is 0.264 e. The molecular weight excluding hydrogens is 320 g/mol. The van der Waals surface area contributed by atoms with E-state index in [1.807, 2.05) is 0 Å². The van der Waals surface area contributed by atoms with Crippen molar-refractivity contribution in [1.82, 2.24) is 9.97 Å². The molecule has 0 unspecified atom stereocenters. The fourth-order valence-electron chi connectivity index (χ4n) is 1.21. The molecule has 18 heavy (non-hydrogen) atoms. The molecule has 0 aliphatic rings. The first-order valence-corrected chi connectivity index (χ1v) is 7.11. The largest absolute Gasteiger partial charge is 0.398 e. The molecule has 0 fully saturated rings. The topological polar surface area (TPSA) is 98.0 Å². The van der Waals surface area contributed by atoms with Gasteiger partial charge in [-0.3, -0.25) is 0 Å². The molecule has 0 spiro atoms. The Hall–Kier alpha value is -1.67. The van der Waals surface area contributed by atoms with Crippen LogP contribution in [0, 0.1) is 0 Å². The highest BCUT2D eigenvalue weighted by atomic mass is 79.9. The monoisotopic (exact) mass is 328 g/mol. The number of nitrogen functional groups attached to an aromatic ring is 1. The second-order valence-electron chi connectivity index (χ2n) is 3.36. The molecule has 1 aromatic heterocycles. The Balaban J connectivity index is 2.34. The summed E-state index contributed by atoms with van der Waals surface area (Å²) in [6, 6.07) is 5.92. The molecule has 2 aromatic rings. The van der Waals surface area contributed by atoms with Gasteiger partial charge in [0.1, 0.15) is 0 Å². The van der Waals surface area contributed by atoms with Gasteiger partial charge in [0.15, 0.2) is 0 Å². The molecule has 1 heterocycles. The minimum absolute atomic E-state index is 0.0189. The SMILES string of the molecule is Nc1ccc(S(=O)(=O)Nc2ncccn2)cc1Br. The molecule has 0 radical (unpaired) electrons. The van der Waals surface area contributed by atoms with E-state index in [4.69, 9.17) is 5.73 Å². The molecule has 0 aliphatic carbocycles. The molecule has 6 nitrogen and oxygen atoms in total. The summed E-state index contributed by atoms with van der Waals surface area (Å²) >= 11 is 3.18. The van der Waals surface area contributed by atoms with Crippen molar-refractivity contribution in [2.75, 3.05) is 10.5 Å². The maximum atomic E-state index is 12.0. The van der Waals surface area contributed by atoms with Crippen LogP contribution in [0.4, 0.5) is 11.6 Å². The molecule has 0 atom stereocenters. The Morgan fingerprint density at radius 1 is 1.22 bits per heavy atom. The fourth-order valence-corrected chi connectivity index (χ4v) is 2.72. The lowest BCUT2D eigenvalue weighted by molar-refractivity contribution is 0.601. The van der Waals surface area contributed by atoms with Crippen LogP contribution in [0.1, 0.15) is 0 Å². The van der Waals surface area contributed by atoms with E-state index >= 15 is 0 Å². The Morgan fingerprint density at radius 3 is 2.50 bits per heavy atom. The van der Waals surface area contributed by atoms with Gasteiger partial charge in [-0.15, -0.1) is 0 Å². The van der Waals surface area contributed by atoms with Crippen molar-refractivity contribution in [1.29, 1.82) is 0 Å². The maximum Gasteiger partial charge on any atom is 0.264 e. The first-order valence-electron chi connectivity index (χ1n) is 4.84. The number of aromatic nitrogens is 2. The summed E-state index contributed by atoms with van der Waals surface area (Å²) in [5.74, 6) is 0.0189. The number of anilines is 2. The van der Waals surface area contributed by atoms with Gasteiger partial charge in [-0.25, -0.2) is 23.1 Å².